The minimum absolute atomic E-state index is 0.533. The molecule has 4 rings (SSSR count). The van der Waals surface area contributed by atoms with Gasteiger partial charge in [-0.3, -0.25) is 4.90 Å². The number of aryl methyl sites for hydroxylation is 1. The molecule has 2 atom stereocenters. The average molecular weight is 330 g/mol. The number of hydrogen-bond acceptors (Lipinski definition) is 2. The van der Waals surface area contributed by atoms with Gasteiger partial charge in [-0.1, -0.05) is 24.1 Å². The summed E-state index contributed by atoms with van der Waals surface area (Å²) in [5, 5.41) is 7.69. The van der Waals surface area contributed by atoms with Gasteiger partial charge in [0.2, 0.25) is 0 Å². The first-order valence-electron chi connectivity index (χ1n) is 9.10. The van der Waals surface area contributed by atoms with Crippen LogP contribution in [-0.2, 0) is 0 Å². The number of rotatable bonds is 3. The van der Waals surface area contributed by atoms with Crippen molar-refractivity contribution in [3.05, 3.63) is 29.8 Å². The number of nitrogens with one attached hydrogen (secondary N) is 2. The van der Waals surface area contributed by atoms with Crippen LogP contribution >= 0.6 is 12.2 Å². The molecule has 1 aromatic carbocycles. The third-order valence-corrected chi connectivity index (χ3v) is 5.86. The minimum Gasteiger partial charge on any atom is -0.360 e. The summed E-state index contributed by atoms with van der Waals surface area (Å²) in [7, 11) is 0. The van der Waals surface area contributed by atoms with Gasteiger partial charge in [0.15, 0.2) is 5.11 Å². The van der Waals surface area contributed by atoms with Crippen molar-refractivity contribution in [3.63, 3.8) is 0 Å². The van der Waals surface area contributed by atoms with E-state index in [4.69, 9.17) is 12.2 Å². The van der Waals surface area contributed by atoms with Crippen molar-refractivity contribution in [2.24, 2.45) is 0 Å². The lowest BCUT2D eigenvalue weighted by Crippen LogP contribution is -2.57. The Kier molecular flexibility index (Phi) is 4.29. The van der Waals surface area contributed by atoms with E-state index in [1.807, 2.05) is 0 Å². The van der Waals surface area contributed by atoms with Crippen molar-refractivity contribution in [1.29, 1.82) is 0 Å². The molecule has 124 valence electrons. The fourth-order valence-electron chi connectivity index (χ4n) is 4.49. The van der Waals surface area contributed by atoms with Crippen LogP contribution in [0.5, 0.6) is 0 Å². The van der Waals surface area contributed by atoms with Crippen LogP contribution in [0.3, 0.4) is 0 Å². The van der Waals surface area contributed by atoms with Gasteiger partial charge in [0, 0.05) is 29.9 Å². The van der Waals surface area contributed by atoms with Crippen LogP contribution in [0.2, 0.25) is 0 Å². The molecular formula is C19H27N3S. The Hall–Kier alpha value is -1.13. The number of fused-ring (bicyclic) bond motifs is 2. The normalized spacial score (nSPS) is 30.7. The second-order valence-corrected chi connectivity index (χ2v) is 7.96. The molecular weight excluding hydrogens is 302 g/mol. The lowest BCUT2D eigenvalue weighted by atomic mass is 9.81. The lowest BCUT2D eigenvalue weighted by molar-refractivity contribution is 0.0209. The highest BCUT2D eigenvalue weighted by Crippen LogP contribution is 2.41. The predicted octanol–water partition coefficient (Wildman–Crippen LogP) is 3.83. The quantitative estimate of drug-likeness (QED) is 0.824. The van der Waals surface area contributed by atoms with Crippen molar-refractivity contribution in [2.45, 2.75) is 76.0 Å². The first kappa shape index (κ1) is 15.4. The van der Waals surface area contributed by atoms with Crippen LogP contribution in [0.25, 0.3) is 0 Å². The van der Waals surface area contributed by atoms with Crippen LogP contribution in [0.1, 0.15) is 50.5 Å². The van der Waals surface area contributed by atoms with E-state index < -0.39 is 0 Å². The van der Waals surface area contributed by atoms with E-state index in [-0.39, 0.29) is 0 Å². The van der Waals surface area contributed by atoms with Crippen molar-refractivity contribution in [1.82, 2.24) is 10.2 Å². The van der Waals surface area contributed by atoms with Crippen LogP contribution in [-0.4, -0.2) is 34.2 Å². The van der Waals surface area contributed by atoms with Gasteiger partial charge < -0.3 is 10.6 Å². The molecule has 2 aliphatic heterocycles. The van der Waals surface area contributed by atoms with Gasteiger partial charge in [0.1, 0.15) is 0 Å². The Balaban J connectivity index is 1.34. The van der Waals surface area contributed by atoms with Gasteiger partial charge in [0.05, 0.1) is 0 Å². The monoisotopic (exact) mass is 329 g/mol. The zero-order chi connectivity index (χ0) is 15.8. The third kappa shape index (κ3) is 3.53. The maximum Gasteiger partial charge on any atom is 0.170 e. The zero-order valence-electron chi connectivity index (χ0n) is 13.9. The Morgan fingerprint density at radius 3 is 2.26 bits per heavy atom. The molecule has 0 radical (unpaired) electrons. The highest BCUT2D eigenvalue weighted by atomic mass is 32.1. The smallest absolute Gasteiger partial charge is 0.170 e. The molecule has 23 heavy (non-hydrogen) atoms. The number of piperidine rings is 2. The first-order chi connectivity index (χ1) is 11.2. The Morgan fingerprint density at radius 2 is 1.65 bits per heavy atom. The predicted molar refractivity (Wildman–Crippen MR) is 99.8 cm³/mol. The number of anilines is 1. The van der Waals surface area contributed by atoms with E-state index in [1.165, 1.54) is 50.5 Å². The molecule has 1 aliphatic carbocycles. The van der Waals surface area contributed by atoms with Crippen molar-refractivity contribution < 1.29 is 0 Å². The summed E-state index contributed by atoms with van der Waals surface area (Å²) in [6.45, 7) is 2.10. The van der Waals surface area contributed by atoms with Crippen LogP contribution < -0.4 is 10.6 Å². The highest BCUT2D eigenvalue weighted by Gasteiger charge is 2.44. The molecule has 2 N–H and O–H groups in total. The maximum absolute atomic E-state index is 5.54. The summed E-state index contributed by atoms with van der Waals surface area (Å²) < 4.78 is 0. The number of benzene rings is 1. The van der Waals surface area contributed by atoms with Crippen LogP contribution in [0.4, 0.5) is 5.69 Å². The third-order valence-electron chi connectivity index (χ3n) is 5.64. The Bertz CT molecular complexity index is 552. The van der Waals surface area contributed by atoms with E-state index in [1.54, 1.807) is 0 Å². The second kappa shape index (κ2) is 6.40. The SMILES string of the molecule is Cc1ccc(NC(=S)NC2CC3CCCC(C2)N3C2CC2)cc1. The van der Waals surface area contributed by atoms with Gasteiger partial charge in [-0.2, -0.15) is 0 Å². The fourth-order valence-corrected chi connectivity index (χ4v) is 4.78. The summed E-state index contributed by atoms with van der Waals surface area (Å²) in [4.78, 5) is 2.86. The van der Waals surface area contributed by atoms with Gasteiger partial charge in [-0.05, 0) is 69.8 Å². The van der Waals surface area contributed by atoms with Gasteiger partial charge in [0.25, 0.3) is 0 Å². The summed E-state index contributed by atoms with van der Waals surface area (Å²) in [6, 6.07) is 11.4. The summed E-state index contributed by atoms with van der Waals surface area (Å²) >= 11 is 5.54. The molecule has 2 heterocycles. The molecule has 2 bridgehead atoms. The van der Waals surface area contributed by atoms with Crippen molar-refractivity contribution in [2.75, 3.05) is 5.32 Å². The molecule has 2 saturated heterocycles. The van der Waals surface area contributed by atoms with Crippen molar-refractivity contribution >= 4 is 23.0 Å². The summed E-state index contributed by atoms with van der Waals surface area (Å²) in [5.74, 6) is 0. The van der Waals surface area contributed by atoms with E-state index in [0.29, 0.717) is 6.04 Å². The van der Waals surface area contributed by atoms with Gasteiger partial charge in [-0.15, -0.1) is 0 Å². The number of hydrogen-bond donors (Lipinski definition) is 2. The largest absolute Gasteiger partial charge is 0.360 e. The first-order valence-corrected chi connectivity index (χ1v) is 9.51. The second-order valence-electron chi connectivity index (χ2n) is 7.55. The average Bonchev–Trinajstić information content (AvgIpc) is 3.33. The summed E-state index contributed by atoms with van der Waals surface area (Å²) in [5.41, 5.74) is 2.35. The van der Waals surface area contributed by atoms with Gasteiger partial charge in [-0.25, -0.2) is 0 Å². The number of thiocarbonyl (C=S) groups is 1. The van der Waals surface area contributed by atoms with E-state index in [2.05, 4.69) is 46.7 Å². The molecule has 3 fully saturated rings. The Labute approximate surface area is 144 Å². The fraction of sp³-hybridized carbons (Fsp3) is 0.632. The molecule has 3 nitrogen and oxygen atoms in total. The lowest BCUT2D eigenvalue weighted by Gasteiger charge is -2.49. The molecule has 0 aromatic heterocycles. The summed E-state index contributed by atoms with van der Waals surface area (Å²) in [6.07, 6.45) is 9.53. The van der Waals surface area contributed by atoms with Crippen LogP contribution in [0, 0.1) is 6.92 Å². The minimum atomic E-state index is 0.533. The Morgan fingerprint density at radius 1 is 1.00 bits per heavy atom. The highest BCUT2D eigenvalue weighted by molar-refractivity contribution is 7.80. The zero-order valence-corrected chi connectivity index (χ0v) is 14.7. The standard InChI is InChI=1S/C19H27N3S/c1-13-5-7-14(8-6-13)20-19(23)21-15-11-17-3-2-4-18(12-15)22(17)16-9-10-16/h5-8,15-18H,2-4,9-12H2,1H3,(H2,20,21,23). The van der Waals surface area contributed by atoms with E-state index >= 15 is 0 Å². The molecule has 0 spiro atoms. The molecule has 2 unspecified atom stereocenters. The van der Waals surface area contributed by atoms with E-state index in [9.17, 15) is 0 Å². The maximum atomic E-state index is 5.54. The molecule has 4 heteroatoms. The van der Waals surface area contributed by atoms with Crippen LogP contribution in [0.15, 0.2) is 24.3 Å². The molecule has 1 aromatic rings. The van der Waals surface area contributed by atoms with Gasteiger partial charge >= 0.3 is 0 Å². The molecule has 0 amide bonds. The molecule has 3 aliphatic rings. The van der Waals surface area contributed by atoms with E-state index in [0.717, 1.165) is 28.9 Å². The molecule has 1 saturated carbocycles. The number of nitrogens with zero attached hydrogens (tertiary/aromatic N) is 1. The topological polar surface area (TPSA) is 27.3 Å². The van der Waals surface area contributed by atoms with Crippen molar-refractivity contribution in [3.8, 4) is 0 Å².